The largest absolute Gasteiger partial charge is 0.433 e. The molecule has 0 radical (unpaired) electrons. The molecule has 0 bridgehead atoms. The number of hydrogen-bond donors (Lipinski definition) is 2. The van der Waals surface area contributed by atoms with Gasteiger partial charge in [-0.05, 0) is 55.6 Å². The van der Waals surface area contributed by atoms with Crippen LogP contribution in [0.3, 0.4) is 0 Å². The molecule has 2 amide bonds. The Morgan fingerprint density at radius 1 is 1.23 bits per heavy atom. The molecule has 43 heavy (non-hydrogen) atoms. The first-order valence-corrected chi connectivity index (χ1v) is 13.9. The van der Waals surface area contributed by atoms with Gasteiger partial charge in [-0.25, -0.2) is 15.0 Å². The van der Waals surface area contributed by atoms with Gasteiger partial charge >= 0.3 is 6.18 Å². The van der Waals surface area contributed by atoms with Crippen LogP contribution in [0.2, 0.25) is 0 Å². The standard InChI is InChI=1S/C29H32F3N9O2/c1-2-25(43)40(13-11-34-18-42)15-14-39-12-9-19(17-39)22-6-5-20(16-36-22)41-27(21-4-3-10-35-26(21)33)37-23-7-8-24(29(30,31)32)38-28(23)41/h2-5,7-8,10,16,18-19,22H,1,6,9,11-15,17H2,(H2,33,35)(H,34,42). The molecule has 3 aromatic heterocycles. The van der Waals surface area contributed by atoms with Crippen LogP contribution >= 0.6 is 0 Å². The first kappa shape index (κ1) is 29.9. The second kappa shape index (κ2) is 12.7. The summed E-state index contributed by atoms with van der Waals surface area (Å²) in [5, 5.41) is 2.57. The summed E-state index contributed by atoms with van der Waals surface area (Å²) < 4.78 is 42.2. The van der Waals surface area contributed by atoms with E-state index in [-0.39, 0.29) is 29.3 Å². The van der Waals surface area contributed by atoms with Crippen LogP contribution in [0.15, 0.2) is 54.2 Å². The summed E-state index contributed by atoms with van der Waals surface area (Å²) in [6.45, 7) is 7.18. The molecule has 2 unspecified atom stereocenters. The number of alkyl halides is 3. The number of anilines is 1. The minimum atomic E-state index is -4.62. The van der Waals surface area contributed by atoms with E-state index in [1.54, 1.807) is 27.8 Å². The lowest BCUT2D eigenvalue weighted by molar-refractivity contribution is -0.141. The van der Waals surface area contributed by atoms with E-state index < -0.39 is 11.9 Å². The van der Waals surface area contributed by atoms with Crippen molar-refractivity contribution in [3.8, 4) is 11.4 Å². The normalized spacial score (nSPS) is 18.9. The number of nitrogens with two attached hydrogens (primary N) is 1. The van der Waals surface area contributed by atoms with Gasteiger partial charge in [0.15, 0.2) is 11.5 Å². The maximum Gasteiger partial charge on any atom is 0.433 e. The predicted molar refractivity (Wildman–Crippen MR) is 157 cm³/mol. The Hall–Kier alpha value is -4.59. The van der Waals surface area contributed by atoms with E-state index in [0.29, 0.717) is 61.6 Å². The molecule has 3 aromatic rings. The third-order valence-electron chi connectivity index (χ3n) is 7.73. The number of amides is 2. The van der Waals surface area contributed by atoms with Crippen molar-refractivity contribution in [3.05, 3.63) is 54.9 Å². The molecule has 14 heteroatoms. The van der Waals surface area contributed by atoms with E-state index in [1.807, 2.05) is 6.08 Å². The Kier molecular flexibility index (Phi) is 8.85. The van der Waals surface area contributed by atoms with Crippen molar-refractivity contribution in [2.24, 2.45) is 10.9 Å². The molecule has 3 N–H and O–H groups in total. The minimum absolute atomic E-state index is 0.00292. The molecule has 226 valence electrons. The number of pyridine rings is 2. The van der Waals surface area contributed by atoms with Crippen LogP contribution in [-0.4, -0.2) is 93.2 Å². The molecule has 5 heterocycles. The molecular formula is C29H32F3N9O2. The second-order valence-corrected chi connectivity index (χ2v) is 10.4. The highest BCUT2D eigenvalue weighted by atomic mass is 19.4. The van der Waals surface area contributed by atoms with E-state index in [1.165, 1.54) is 18.3 Å². The lowest BCUT2D eigenvalue weighted by Crippen LogP contribution is -2.41. The van der Waals surface area contributed by atoms with Crippen LogP contribution < -0.4 is 11.1 Å². The number of nitrogen functional groups attached to an aromatic ring is 1. The van der Waals surface area contributed by atoms with Gasteiger partial charge in [-0.1, -0.05) is 12.7 Å². The van der Waals surface area contributed by atoms with Crippen LogP contribution in [0.4, 0.5) is 19.0 Å². The Bertz CT molecular complexity index is 1570. The zero-order valence-corrected chi connectivity index (χ0v) is 23.4. The number of aliphatic imine (C=N–C) groups is 1. The zero-order chi connectivity index (χ0) is 30.6. The van der Waals surface area contributed by atoms with Gasteiger partial charge in [0.1, 0.15) is 17.0 Å². The molecule has 11 nitrogen and oxygen atoms in total. The van der Waals surface area contributed by atoms with Crippen LogP contribution in [0.1, 0.15) is 18.5 Å². The number of nitrogens with zero attached hydrogens (tertiary/aromatic N) is 7. The van der Waals surface area contributed by atoms with Crippen molar-refractivity contribution in [1.29, 1.82) is 0 Å². The number of halogens is 3. The van der Waals surface area contributed by atoms with Gasteiger partial charge in [0.2, 0.25) is 12.3 Å². The number of rotatable bonds is 11. The van der Waals surface area contributed by atoms with Crippen molar-refractivity contribution in [1.82, 2.24) is 34.6 Å². The van der Waals surface area contributed by atoms with Crippen molar-refractivity contribution in [2.45, 2.75) is 25.1 Å². The van der Waals surface area contributed by atoms with E-state index in [0.717, 1.165) is 25.6 Å². The number of fused-ring (bicyclic) bond motifs is 1. The summed E-state index contributed by atoms with van der Waals surface area (Å²) in [7, 11) is 0. The molecule has 2 atom stereocenters. The molecular weight excluding hydrogens is 563 g/mol. The Labute approximate surface area is 246 Å². The molecule has 0 saturated carbocycles. The molecule has 1 fully saturated rings. The third-order valence-corrected chi connectivity index (χ3v) is 7.73. The number of nitrogens with one attached hydrogen (secondary N) is 1. The molecule has 0 aromatic carbocycles. The monoisotopic (exact) mass is 595 g/mol. The van der Waals surface area contributed by atoms with E-state index >= 15 is 0 Å². The minimum Gasteiger partial charge on any atom is -0.383 e. The molecule has 2 aliphatic heterocycles. The fraction of sp³-hybridized carbons (Fsp3) is 0.379. The number of allylic oxidation sites excluding steroid dienone is 1. The van der Waals surface area contributed by atoms with Gasteiger partial charge in [0.25, 0.3) is 0 Å². The summed E-state index contributed by atoms with van der Waals surface area (Å²) in [5.74, 6) is 0.616. The first-order chi connectivity index (χ1) is 20.7. The molecule has 1 saturated heterocycles. The summed E-state index contributed by atoms with van der Waals surface area (Å²) in [4.78, 5) is 44.1. The average molecular weight is 596 g/mol. The lowest BCUT2D eigenvalue weighted by atomic mass is 9.95. The maximum absolute atomic E-state index is 13.6. The summed E-state index contributed by atoms with van der Waals surface area (Å²) in [5.41, 5.74) is 6.48. The number of aromatic nitrogens is 4. The fourth-order valence-corrected chi connectivity index (χ4v) is 5.50. The van der Waals surface area contributed by atoms with Gasteiger partial charge in [-0.3, -0.25) is 19.1 Å². The van der Waals surface area contributed by atoms with Crippen LogP contribution in [0, 0.1) is 5.92 Å². The number of carbonyl (C=O) groups is 2. The smallest absolute Gasteiger partial charge is 0.383 e. The second-order valence-electron chi connectivity index (χ2n) is 10.4. The molecule has 0 aliphatic carbocycles. The molecule has 2 aliphatic rings. The van der Waals surface area contributed by atoms with E-state index in [2.05, 4.69) is 31.7 Å². The highest BCUT2D eigenvalue weighted by Gasteiger charge is 2.34. The van der Waals surface area contributed by atoms with Crippen molar-refractivity contribution in [3.63, 3.8) is 0 Å². The quantitative estimate of drug-likeness (QED) is 0.198. The van der Waals surface area contributed by atoms with Gasteiger partial charge < -0.3 is 20.9 Å². The summed E-state index contributed by atoms with van der Waals surface area (Å²) >= 11 is 0. The van der Waals surface area contributed by atoms with Crippen LogP contribution in [0.5, 0.6) is 0 Å². The van der Waals surface area contributed by atoms with Crippen LogP contribution in [-0.2, 0) is 15.8 Å². The number of imidazole rings is 1. The number of hydrogen-bond acceptors (Lipinski definition) is 8. The highest BCUT2D eigenvalue weighted by molar-refractivity contribution is 6.06. The van der Waals surface area contributed by atoms with Crippen molar-refractivity contribution < 1.29 is 22.8 Å². The first-order valence-electron chi connectivity index (χ1n) is 13.9. The van der Waals surface area contributed by atoms with Crippen LogP contribution in [0.25, 0.3) is 28.2 Å². The SMILES string of the molecule is C=CC(=O)N(CCNC=O)CCN1CCC(C2CC=C(n3c(-c4cccnc4N)nc4ccc(C(F)(F)F)nc43)C=N2)C1. The highest BCUT2D eigenvalue weighted by Crippen LogP contribution is 2.35. The Morgan fingerprint density at radius 3 is 2.77 bits per heavy atom. The van der Waals surface area contributed by atoms with Gasteiger partial charge in [0.05, 0.1) is 17.3 Å². The predicted octanol–water partition coefficient (Wildman–Crippen LogP) is 2.86. The fourth-order valence-electron chi connectivity index (χ4n) is 5.50. The van der Waals surface area contributed by atoms with Gasteiger partial charge in [-0.2, -0.15) is 13.2 Å². The van der Waals surface area contributed by atoms with Gasteiger partial charge in [0, 0.05) is 45.1 Å². The topological polar surface area (TPSA) is 135 Å². The Morgan fingerprint density at radius 2 is 2.07 bits per heavy atom. The zero-order valence-electron chi connectivity index (χ0n) is 23.4. The number of dihydropyridines is 1. The molecule has 0 spiro atoms. The maximum atomic E-state index is 13.6. The summed E-state index contributed by atoms with van der Waals surface area (Å²) in [6, 6.07) is 5.61. The number of likely N-dealkylation sites (tertiary alicyclic amines) is 1. The van der Waals surface area contributed by atoms with Crippen molar-refractivity contribution in [2.75, 3.05) is 45.0 Å². The van der Waals surface area contributed by atoms with Gasteiger partial charge in [-0.15, -0.1) is 0 Å². The Balaban J connectivity index is 1.32. The third kappa shape index (κ3) is 6.58. The summed E-state index contributed by atoms with van der Waals surface area (Å²) in [6.07, 6.45) is 3.91. The number of carbonyl (C=O) groups excluding carboxylic acids is 2. The van der Waals surface area contributed by atoms with Crippen molar-refractivity contribution >= 4 is 41.2 Å². The average Bonchev–Trinajstić information content (AvgIpc) is 3.63. The lowest BCUT2D eigenvalue weighted by Gasteiger charge is -2.26. The van der Waals surface area contributed by atoms with E-state index in [9.17, 15) is 22.8 Å². The van der Waals surface area contributed by atoms with E-state index in [4.69, 9.17) is 10.7 Å². The molecule has 5 rings (SSSR count).